The quantitative estimate of drug-likeness (QED) is 0.475. The Morgan fingerprint density at radius 3 is 2.50 bits per heavy atom. The molecule has 92 valence electrons. The molecule has 0 unspecified atom stereocenters. The van der Waals surface area contributed by atoms with E-state index in [1.165, 1.54) is 11.8 Å². The molecule has 0 saturated heterocycles. The average Bonchev–Trinajstić information content (AvgIpc) is 2.40. The van der Waals surface area contributed by atoms with E-state index < -0.39 is 0 Å². The van der Waals surface area contributed by atoms with Crippen LogP contribution in [0.4, 0.5) is 5.69 Å². The van der Waals surface area contributed by atoms with Crippen molar-refractivity contribution in [3.05, 3.63) is 69.8 Å². The largest absolute Gasteiger partial charge is 0.274 e. The molecule has 2 rings (SSSR count). The van der Waals surface area contributed by atoms with Gasteiger partial charge in [0.15, 0.2) is 0 Å². The van der Waals surface area contributed by atoms with Crippen LogP contribution in [-0.4, -0.2) is 11.2 Å². The van der Waals surface area contributed by atoms with Gasteiger partial charge in [-0.1, -0.05) is 36.4 Å². The van der Waals surface area contributed by atoms with Crippen molar-refractivity contribution in [1.82, 2.24) is 0 Å². The molecule has 0 aliphatic heterocycles. The number of nitrogens with zero attached hydrogens (tertiary/aromatic N) is 1. The van der Waals surface area contributed by atoms with E-state index in [2.05, 4.69) is 0 Å². The van der Waals surface area contributed by atoms with Crippen LogP contribution >= 0.6 is 11.8 Å². The highest BCUT2D eigenvalue weighted by Gasteiger charge is 2.14. The normalized spacial score (nSPS) is 10.3. The van der Waals surface area contributed by atoms with Crippen LogP contribution in [0.1, 0.15) is 11.1 Å². The molecule has 0 aliphatic carbocycles. The molecule has 0 amide bonds. The van der Waals surface area contributed by atoms with E-state index >= 15 is 0 Å². The Balaban J connectivity index is 2.35. The summed E-state index contributed by atoms with van der Waals surface area (Å²) in [5.41, 5.74) is 2.03. The van der Waals surface area contributed by atoms with E-state index in [9.17, 15) is 10.1 Å². The Labute approximate surface area is 110 Å². The summed E-state index contributed by atoms with van der Waals surface area (Å²) < 4.78 is 0. The molecule has 2 aromatic rings. The van der Waals surface area contributed by atoms with Gasteiger partial charge >= 0.3 is 0 Å². The summed E-state index contributed by atoms with van der Waals surface area (Å²) in [5.74, 6) is 0. The Morgan fingerprint density at radius 2 is 1.89 bits per heavy atom. The van der Waals surface area contributed by atoms with Gasteiger partial charge in [-0.3, -0.25) is 10.1 Å². The fraction of sp³-hybridized carbons (Fsp3) is 0.143. The second-order valence-corrected chi connectivity index (χ2v) is 4.79. The minimum absolute atomic E-state index is 0.200. The zero-order valence-electron chi connectivity index (χ0n) is 10.00. The highest BCUT2D eigenvalue weighted by atomic mass is 32.2. The number of thioether (sulfide) groups is 1. The van der Waals surface area contributed by atoms with Crippen LogP contribution in [0.2, 0.25) is 0 Å². The van der Waals surface area contributed by atoms with Gasteiger partial charge in [0, 0.05) is 22.9 Å². The van der Waals surface area contributed by atoms with Gasteiger partial charge in [0.1, 0.15) is 0 Å². The molecule has 0 aliphatic rings. The molecule has 0 atom stereocenters. The van der Waals surface area contributed by atoms with Gasteiger partial charge in [-0.15, -0.1) is 11.8 Å². The Morgan fingerprint density at radius 1 is 1.17 bits per heavy atom. The van der Waals surface area contributed by atoms with Gasteiger partial charge in [-0.25, -0.2) is 0 Å². The predicted molar refractivity (Wildman–Crippen MR) is 74.1 cm³/mol. The van der Waals surface area contributed by atoms with Crippen molar-refractivity contribution in [2.75, 3.05) is 6.26 Å². The predicted octanol–water partition coefficient (Wildman–Crippen LogP) is 3.91. The fourth-order valence-electron chi connectivity index (χ4n) is 1.81. The summed E-state index contributed by atoms with van der Waals surface area (Å²) >= 11 is 1.51. The number of hydrogen-bond acceptors (Lipinski definition) is 3. The topological polar surface area (TPSA) is 43.1 Å². The number of hydrogen-bond donors (Lipinski definition) is 0. The summed E-state index contributed by atoms with van der Waals surface area (Å²) in [6.07, 6.45) is 2.50. The van der Waals surface area contributed by atoms with E-state index in [0.29, 0.717) is 6.42 Å². The SMILES string of the molecule is CSc1ccc(Cc2ccccc2)c([N+](=O)[O-])c1. The van der Waals surface area contributed by atoms with Gasteiger partial charge in [-0.2, -0.15) is 0 Å². The van der Waals surface area contributed by atoms with Crippen LogP contribution in [-0.2, 0) is 6.42 Å². The lowest BCUT2D eigenvalue weighted by Gasteiger charge is -2.05. The van der Waals surface area contributed by atoms with E-state index in [1.54, 1.807) is 6.07 Å². The van der Waals surface area contributed by atoms with Crippen molar-refractivity contribution in [2.24, 2.45) is 0 Å². The maximum atomic E-state index is 11.1. The molecule has 2 aromatic carbocycles. The highest BCUT2D eigenvalue weighted by molar-refractivity contribution is 7.98. The molecule has 0 heterocycles. The lowest BCUT2D eigenvalue weighted by molar-refractivity contribution is -0.385. The number of rotatable bonds is 4. The molecule has 0 aromatic heterocycles. The molecular formula is C14H13NO2S. The summed E-state index contributed by atoms with van der Waals surface area (Å²) in [6.45, 7) is 0. The Kier molecular flexibility index (Phi) is 3.99. The first-order valence-electron chi connectivity index (χ1n) is 5.56. The van der Waals surface area contributed by atoms with Crippen molar-refractivity contribution >= 4 is 17.4 Å². The van der Waals surface area contributed by atoms with Crippen molar-refractivity contribution in [3.63, 3.8) is 0 Å². The summed E-state index contributed by atoms with van der Waals surface area (Å²) in [4.78, 5) is 11.7. The van der Waals surface area contributed by atoms with Gasteiger partial charge in [0.05, 0.1) is 4.92 Å². The summed E-state index contributed by atoms with van der Waals surface area (Å²) in [6, 6.07) is 15.2. The van der Waals surface area contributed by atoms with E-state index in [1.807, 2.05) is 48.7 Å². The third-order valence-electron chi connectivity index (χ3n) is 2.73. The molecule has 3 nitrogen and oxygen atoms in total. The minimum Gasteiger partial charge on any atom is -0.258 e. The maximum Gasteiger partial charge on any atom is 0.274 e. The molecule has 0 saturated carbocycles. The third-order valence-corrected chi connectivity index (χ3v) is 3.45. The molecule has 0 N–H and O–H groups in total. The fourth-order valence-corrected chi connectivity index (χ4v) is 2.24. The van der Waals surface area contributed by atoms with Crippen molar-refractivity contribution < 1.29 is 4.92 Å². The Hall–Kier alpha value is -1.81. The molecular weight excluding hydrogens is 246 g/mol. The maximum absolute atomic E-state index is 11.1. The molecule has 0 radical (unpaired) electrons. The standard InChI is InChI=1S/C14H13NO2S/c1-18-13-8-7-12(14(10-13)15(16)17)9-11-5-3-2-4-6-11/h2-8,10H,9H2,1H3. The highest BCUT2D eigenvalue weighted by Crippen LogP contribution is 2.27. The molecule has 0 fully saturated rings. The van der Waals surface area contributed by atoms with Crippen LogP contribution in [0.5, 0.6) is 0 Å². The lowest BCUT2D eigenvalue weighted by atomic mass is 10.0. The van der Waals surface area contributed by atoms with Crippen LogP contribution in [0, 0.1) is 10.1 Å². The molecule has 4 heteroatoms. The lowest BCUT2D eigenvalue weighted by Crippen LogP contribution is -1.97. The first kappa shape index (κ1) is 12.6. The van der Waals surface area contributed by atoms with E-state index in [0.717, 1.165) is 16.0 Å². The summed E-state index contributed by atoms with van der Waals surface area (Å²) in [7, 11) is 0. The van der Waals surface area contributed by atoms with Crippen LogP contribution < -0.4 is 0 Å². The van der Waals surface area contributed by atoms with E-state index in [4.69, 9.17) is 0 Å². The van der Waals surface area contributed by atoms with Gasteiger partial charge in [0.2, 0.25) is 0 Å². The molecule has 0 spiro atoms. The smallest absolute Gasteiger partial charge is 0.258 e. The van der Waals surface area contributed by atoms with Crippen LogP contribution in [0.25, 0.3) is 0 Å². The summed E-state index contributed by atoms with van der Waals surface area (Å²) in [5, 5.41) is 11.1. The van der Waals surface area contributed by atoms with Crippen LogP contribution in [0.15, 0.2) is 53.4 Å². The average molecular weight is 259 g/mol. The zero-order chi connectivity index (χ0) is 13.0. The first-order valence-corrected chi connectivity index (χ1v) is 6.78. The van der Waals surface area contributed by atoms with E-state index in [-0.39, 0.29) is 10.6 Å². The molecule has 0 bridgehead atoms. The van der Waals surface area contributed by atoms with Crippen molar-refractivity contribution in [2.45, 2.75) is 11.3 Å². The minimum atomic E-state index is -0.308. The number of nitro benzene ring substituents is 1. The van der Waals surface area contributed by atoms with Gasteiger partial charge in [0.25, 0.3) is 5.69 Å². The molecule has 18 heavy (non-hydrogen) atoms. The van der Waals surface area contributed by atoms with Crippen LogP contribution in [0.3, 0.4) is 0 Å². The van der Waals surface area contributed by atoms with Gasteiger partial charge in [-0.05, 0) is 17.9 Å². The Bertz CT molecular complexity index is 555. The second-order valence-electron chi connectivity index (χ2n) is 3.91. The monoisotopic (exact) mass is 259 g/mol. The number of nitro groups is 1. The third kappa shape index (κ3) is 2.90. The zero-order valence-corrected chi connectivity index (χ0v) is 10.8. The van der Waals surface area contributed by atoms with Crippen molar-refractivity contribution in [1.29, 1.82) is 0 Å². The van der Waals surface area contributed by atoms with Gasteiger partial charge < -0.3 is 0 Å². The van der Waals surface area contributed by atoms with Crippen molar-refractivity contribution in [3.8, 4) is 0 Å². The second kappa shape index (κ2) is 5.69. The number of benzene rings is 2. The first-order chi connectivity index (χ1) is 8.70.